The van der Waals surface area contributed by atoms with Crippen molar-refractivity contribution in [1.82, 2.24) is 9.80 Å². The van der Waals surface area contributed by atoms with Gasteiger partial charge in [0.15, 0.2) is 0 Å². The van der Waals surface area contributed by atoms with Crippen LogP contribution in [0.25, 0.3) is 0 Å². The summed E-state index contributed by atoms with van der Waals surface area (Å²) < 4.78 is 0. The van der Waals surface area contributed by atoms with E-state index < -0.39 is 0 Å². The Hall–Kier alpha value is -1.88. The lowest BCUT2D eigenvalue weighted by molar-refractivity contribution is 0.0629. The van der Waals surface area contributed by atoms with Crippen molar-refractivity contribution in [2.75, 3.05) is 25.4 Å². The van der Waals surface area contributed by atoms with Gasteiger partial charge >= 0.3 is 0 Å². The highest BCUT2D eigenvalue weighted by Gasteiger charge is 2.38. The lowest BCUT2D eigenvalue weighted by Crippen LogP contribution is -2.36. The number of nitrogens with two attached hydrogens (primary N) is 1. The molecule has 0 radical (unpaired) electrons. The summed E-state index contributed by atoms with van der Waals surface area (Å²) in [4.78, 5) is 28.5. The number of hydrogen-bond acceptors (Lipinski definition) is 4. The van der Waals surface area contributed by atoms with Crippen LogP contribution in [0.15, 0.2) is 18.2 Å². The molecule has 1 unspecified atom stereocenters. The molecule has 2 amide bonds. The van der Waals surface area contributed by atoms with Crippen molar-refractivity contribution in [2.45, 2.75) is 26.3 Å². The first kappa shape index (κ1) is 14.1. The number of amides is 2. The molecule has 5 heteroatoms. The second-order valence-corrected chi connectivity index (χ2v) is 6.27. The molecule has 1 atom stereocenters. The molecule has 2 N–H and O–H groups in total. The molecule has 2 heterocycles. The summed E-state index contributed by atoms with van der Waals surface area (Å²) in [5.41, 5.74) is 7.15. The Labute approximate surface area is 124 Å². The fourth-order valence-electron chi connectivity index (χ4n) is 3.21. The van der Waals surface area contributed by atoms with E-state index in [0.717, 1.165) is 19.5 Å². The van der Waals surface area contributed by atoms with E-state index in [2.05, 4.69) is 18.7 Å². The molecule has 5 nitrogen and oxygen atoms in total. The minimum Gasteiger partial charge on any atom is -0.399 e. The zero-order valence-electron chi connectivity index (χ0n) is 12.5. The van der Waals surface area contributed by atoms with Gasteiger partial charge in [0, 0.05) is 24.8 Å². The molecule has 21 heavy (non-hydrogen) atoms. The van der Waals surface area contributed by atoms with Gasteiger partial charge in [0.1, 0.15) is 0 Å². The number of benzene rings is 1. The second-order valence-electron chi connectivity index (χ2n) is 6.27. The summed E-state index contributed by atoms with van der Waals surface area (Å²) in [6.07, 6.45) is 1.04. The Morgan fingerprint density at radius 3 is 2.62 bits per heavy atom. The van der Waals surface area contributed by atoms with Crippen molar-refractivity contribution >= 4 is 17.5 Å². The van der Waals surface area contributed by atoms with Gasteiger partial charge in [-0.15, -0.1) is 0 Å². The maximum absolute atomic E-state index is 12.4. The number of fused-ring (bicyclic) bond motifs is 1. The van der Waals surface area contributed by atoms with Crippen LogP contribution in [0, 0.1) is 5.92 Å². The fourth-order valence-corrected chi connectivity index (χ4v) is 3.21. The van der Waals surface area contributed by atoms with E-state index in [1.807, 2.05) is 0 Å². The van der Waals surface area contributed by atoms with E-state index in [0.29, 0.717) is 35.3 Å². The SMILES string of the molecule is CC(C)N1CCC(CN2C(=O)c3ccc(N)cc3C2=O)C1. The highest BCUT2D eigenvalue weighted by atomic mass is 16.2. The van der Waals surface area contributed by atoms with Gasteiger partial charge in [-0.1, -0.05) is 0 Å². The Bertz CT molecular complexity index is 597. The predicted molar refractivity (Wildman–Crippen MR) is 81.0 cm³/mol. The quantitative estimate of drug-likeness (QED) is 0.677. The lowest BCUT2D eigenvalue weighted by Gasteiger charge is -2.22. The van der Waals surface area contributed by atoms with Gasteiger partial charge in [-0.25, -0.2) is 0 Å². The number of nitrogen functional groups attached to an aromatic ring is 1. The molecule has 1 fully saturated rings. The van der Waals surface area contributed by atoms with E-state index in [1.54, 1.807) is 18.2 Å². The molecule has 1 aromatic rings. The molecule has 3 rings (SSSR count). The minimum absolute atomic E-state index is 0.182. The van der Waals surface area contributed by atoms with Crippen molar-refractivity contribution < 1.29 is 9.59 Å². The van der Waals surface area contributed by atoms with Crippen LogP contribution < -0.4 is 5.73 Å². The number of likely N-dealkylation sites (tertiary alicyclic amines) is 1. The normalized spacial score (nSPS) is 22.4. The molecule has 0 spiro atoms. The molecule has 1 saturated heterocycles. The standard InChI is InChI=1S/C16H21N3O2/c1-10(2)18-6-5-11(8-18)9-19-15(20)13-4-3-12(17)7-14(13)16(19)21/h3-4,7,10-11H,5-6,8-9,17H2,1-2H3. The largest absolute Gasteiger partial charge is 0.399 e. The van der Waals surface area contributed by atoms with Crippen molar-refractivity contribution in [1.29, 1.82) is 0 Å². The highest BCUT2D eigenvalue weighted by molar-refractivity contribution is 6.21. The highest BCUT2D eigenvalue weighted by Crippen LogP contribution is 2.27. The smallest absolute Gasteiger partial charge is 0.261 e. The van der Waals surface area contributed by atoms with E-state index in [-0.39, 0.29) is 11.8 Å². The van der Waals surface area contributed by atoms with Crippen LogP contribution >= 0.6 is 0 Å². The summed E-state index contributed by atoms with van der Waals surface area (Å²) in [6, 6.07) is 5.44. The van der Waals surface area contributed by atoms with Crippen molar-refractivity contribution in [2.24, 2.45) is 5.92 Å². The van der Waals surface area contributed by atoms with E-state index in [1.165, 1.54) is 4.90 Å². The van der Waals surface area contributed by atoms with E-state index in [4.69, 9.17) is 5.73 Å². The Kier molecular flexibility index (Phi) is 3.45. The first-order chi connectivity index (χ1) is 9.97. The van der Waals surface area contributed by atoms with Crippen molar-refractivity contribution in [3.63, 3.8) is 0 Å². The monoisotopic (exact) mass is 287 g/mol. The summed E-state index contributed by atoms with van der Waals surface area (Å²) in [7, 11) is 0. The first-order valence-corrected chi connectivity index (χ1v) is 7.47. The van der Waals surface area contributed by atoms with Crippen LogP contribution in [0.5, 0.6) is 0 Å². The number of anilines is 1. The lowest BCUT2D eigenvalue weighted by atomic mass is 10.1. The summed E-state index contributed by atoms with van der Waals surface area (Å²) in [5.74, 6) is -0.0183. The van der Waals surface area contributed by atoms with Crippen LogP contribution in [-0.4, -0.2) is 47.3 Å². The topological polar surface area (TPSA) is 66.6 Å². The van der Waals surface area contributed by atoms with Gasteiger partial charge in [0.25, 0.3) is 11.8 Å². The fraction of sp³-hybridized carbons (Fsp3) is 0.500. The van der Waals surface area contributed by atoms with Crippen LogP contribution in [0.2, 0.25) is 0 Å². The summed E-state index contributed by atoms with van der Waals surface area (Å²) in [5, 5.41) is 0. The Balaban J connectivity index is 1.74. The average Bonchev–Trinajstić information content (AvgIpc) is 2.99. The van der Waals surface area contributed by atoms with Crippen LogP contribution in [0.1, 0.15) is 41.0 Å². The van der Waals surface area contributed by atoms with Gasteiger partial charge in [0.2, 0.25) is 0 Å². The Morgan fingerprint density at radius 2 is 1.95 bits per heavy atom. The number of hydrogen-bond donors (Lipinski definition) is 1. The number of rotatable bonds is 3. The molecule has 0 bridgehead atoms. The number of nitrogens with zero attached hydrogens (tertiary/aromatic N) is 2. The molecule has 0 saturated carbocycles. The maximum atomic E-state index is 12.4. The first-order valence-electron chi connectivity index (χ1n) is 7.47. The molecule has 2 aliphatic heterocycles. The molecule has 112 valence electrons. The maximum Gasteiger partial charge on any atom is 0.261 e. The predicted octanol–water partition coefficient (Wildman–Crippen LogP) is 1.60. The van der Waals surface area contributed by atoms with E-state index >= 15 is 0 Å². The molecule has 0 aromatic heterocycles. The molecule has 0 aliphatic carbocycles. The summed E-state index contributed by atoms with van der Waals surface area (Å²) in [6.45, 7) is 6.85. The number of imide groups is 1. The molecular weight excluding hydrogens is 266 g/mol. The average molecular weight is 287 g/mol. The third-order valence-corrected chi connectivity index (χ3v) is 4.48. The Morgan fingerprint density at radius 1 is 1.24 bits per heavy atom. The number of carbonyl (C=O) groups is 2. The van der Waals surface area contributed by atoms with Gasteiger partial charge < -0.3 is 10.6 Å². The second kappa shape index (κ2) is 5.15. The van der Waals surface area contributed by atoms with E-state index in [9.17, 15) is 9.59 Å². The number of carbonyl (C=O) groups excluding carboxylic acids is 2. The molecule has 2 aliphatic rings. The molecular formula is C16H21N3O2. The third-order valence-electron chi connectivity index (χ3n) is 4.48. The van der Waals surface area contributed by atoms with Gasteiger partial charge in [0.05, 0.1) is 11.1 Å². The zero-order valence-corrected chi connectivity index (χ0v) is 12.5. The third kappa shape index (κ3) is 2.42. The van der Waals surface area contributed by atoms with Gasteiger partial charge in [-0.2, -0.15) is 0 Å². The van der Waals surface area contributed by atoms with Gasteiger partial charge in [-0.3, -0.25) is 14.5 Å². The molecule has 1 aromatic carbocycles. The summed E-state index contributed by atoms with van der Waals surface area (Å²) >= 11 is 0. The van der Waals surface area contributed by atoms with Gasteiger partial charge in [-0.05, 0) is 50.9 Å². The van der Waals surface area contributed by atoms with Crippen LogP contribution in [0.4, 0.5) is 5.69 Å². The minimum atomic E-state index is -0.203. The van der Waals surface area contributed by atoms with Crippen LogP contribution in [-0.2, 0) is 0 Å². The van der Waals surface area contributed by atoms with Crippen molar-refractivity contribution in [3.8, 4) is 0 Å². The van der Waals surface area contributed by atoms with Crippen molar-refractivity contribution in [3.05, 3.63) is 29.3 Å². The van der Waals surface area contributed by atoms with Crippen LogP contribution in [0.3, 0.4) is 0 Å². The zero-order chi connectivity index (χ0) is 15.1.